The van der Waals surface area contributed by atoms with E-state index in [-0.39, 0.29) is 16.5 Å². The fraction of sp³-hybridized carbons (Fsp3) is 0.400. The van der Waals surface area contributed by atoms with E-state index in [1.807, 2.05) is 15.9 Å². The second kappa shape index (κ2) is 7.53. The summed E-state index contributed by atoms with van der Waals surface area (Å²) < 4.78 is 0.542. The summed E-state index contributed by atoms with van der Waals surface area (Å²) in [6, 6.07) is 3.09. The summed E-state index contributed by atoms with van der Waals surface area (Å²) >= 11 is 1.79. The van der Waals surface area contributed by atoms with Gasteiger partial charge in [-0.3, -0.25) is 14.9 Å². The van der Waals surface area contributed by atoms with Crippen molar-refractivity contribution in [3.63, 3.8) is 0 Å². The van der Waals surface area contributed by atoms with Crippen LogP contribution in [-0.2, 0) is 4.79 Å². The first-order valence-electron chi connectivity index (χ1n) is 10.0. The van der Waals surface area contributed by atoms with Gasteiger partial charge in [0.25, 0.3) is 5.91 Å². The van der Waals surface area contributed by atoms with Gasteiger partial charge in [-0.2, -0.15) is 4.59 Å². The third-order valence-corrected chi connectivity index (χ3v) is 7.08. The van der Waals surface area contributed by atoms with Crippen molar-refractivity contribution in [2.45, 2.75) is 0 Å². The highest BCUT2D eigenvalue weighted by Crippen LogP contribution is 2.38. The van der Waals surface area contributed by atoms with Gasteiger partial charge in [0.2, 0.25) is 5.82 Å². The van der Waals surface area contributed by atoms with Crippen LogP contribution in [0.5, 0.6) is 0 Å². The molecule has 0 spiro atoms. The smallest absolute Gasteiger partial charge is 0.311 e. The molecule has 156 valence electrons. The molecule has 2 saturated heterocycles. The van der Waals surface area contributed by atoms with Crippen LogP contribution in [0.3, 0.4) is 0 Å². The van der Waals surface area contributed by atoms with E-state index >= 15 is 0 Å². The first-order valence-corrected chi connectivity index (χ1v) is 11.2. The SMILES string of the molecule is O=C(C1=CC2=CC=C[N@@+]2(N2CCN(c3ncccc3[N+](=O)[O-])CC2)C1)N1CCSC1. The number of anilines is 1. The lowest BCUT2D eigenvalue weighted by atomic mass is 10.2. The zero-order valence-corrected chi connectivity index (χ0v) is 17.3. The van der Waals surface area contributed by atoms with E-state index in [0.29, 0.717) is 30.0 Å². The van der Waals surface area contributed by atoms with E-state index in [1.54, 1.807) is 24.0 Å². The van der Waals surface area contributed by atoms with Crippen LogP contribution in [0.2, 0.25) is 0 Å². The highest BCUT2D eigenvalue weighted by atomic mass is 32.2. The van der Waals surface area contributed by atoms with Gasteiger partial charge in [0.1, 0.15) is 12.7 Å². The van der Waals surface area contributed by atoms with Gasteiger partial charge in [0.15, 0.2) is 5.70 Å². The molecule has 0 aliphatic carbocycles. The van der Waals surface area contributed by atoms with Crippen molar-refractivity contribution in [3.05, 3.63) is 64.1 Å². The standard InChI is InChI=1S/C20H23N6O3S/c27-20(23-10-12-30-15-23)16-13-17-3-2-11-26(17,14-16)24-8-6-22(7-9-24)19-18(25(28)29)4-1-5-21-19/h1-5,11,13H,6-10,12,14-15H2/q+1/t26-/m1/s1. The summed E-state index contributed by atoms with van der Waals surface area (Å²) in [5, 5.41) is 13.7. The first-order chi connectivity index (χ1) is 14.6. The predicted molar refractivity (Wildman–Crippen MR) is 114 cm³/mol. The normalized spacial score (nSPS) is 26.0. The Balaban J connectivity index is 1.31. The number of pyridine rings is 1. The van der Waals surface area contributed by atoms with Crippen molar-refractivity contribution in [1.29, 1.82) is 0 Å². The van der Waals surface area contributed by atoms with Crippen molar-refractivity contribution < 1.29 is 14.3 Å². The number of amides is 1. The van der Waals surface area contributed by atoms with E-state index in [9.17, 15) is 14.9 Å². The molecule has 4 aliphatic rings. The first kappa shape index (κ1) is 19.3. The van der Waals surface area contributed by atoms with Crippen LogP contribution < -0.4 is 4.90 Å². The highest BCUT2D eigenvalue weighted by molar-refractivity contribution is 7.99. The summed E-state index contributed by atoms with van der Waals surface area (Å²) in [5.41, 5.74) is 2.01. The van der Waals surface area contributed by atoms with Gasteiger partial charge < -0.3 is 9.80 Å². The van der Waals surface area contributed by atoms with Crippen LogP contribution in [0.4, 0.5) is 11.5 Å². The lowest BCUT2D eigenvalue weighted by molar-refractivity contribution is -0.948. The quantitative estimate of drug-likeness (QED) is 0.411. The molecule has 0 unspecified atom stereocenters. The number of fused-ring (bicyclic) bond motifs is 1. The largest absolute Gasteiger partial charge is 0.348 e. The molecule has 5 heterocycles. The van der Waals surface area contributed by atoms with E-state index in [0.717, 1.165) is 42.5 Å². The summed E-state index contributed by atoms with van der Waals surface area (Å²) in [4.78, 5) is 32.1. The average Bonchev–Trinajstić information content (AvgIpc) is 3.49. The highest BCUT2D eigenvalue weighted by Gasteiger charge is 2.48. The van der Waals surface area contributed by atoms with Gasteiger partial charge in [-0.15, -0.1) is 16.8 Å². The van der Waals surface area contributed by atoms with Gasteiger partial charge in [0.05, 0.1) is 29.5 Å². The number of carbonyl (C=O) groups is 1. The Morgan fingerprint density at radius 2 is 2.07 bits per heavy atom. The molecule has 1 atom stereocenters. The van der Waals surface area contributed by atoms with Crippen molar-refractivity contribution >= 4 is 29.2 Å². The molecule has 2 fully saturated rings. The number of nitro groups is 1. The Hall–Kier alpha value is -2.69. The Kier molecular flexibility index (Phi) is 4.84. The number of thioether (sulfide) groups is 1. The molecule has 1 aromatic rings. The third-order valence-electron chi connectivity index (χ3n) is 6.12. The molecule has 0 N–H and O–H groups in total. The Morgan fingerprint density at radius 3 is 2.80 bits per heavy atom. The van der Waals surface area contributed by atoms with E-state index in [4.69, 9.17) is 0 Å². The minimum absolute atomic E-state index is 0.0406. The number of aromatic nitrogens is 1. The lowest BCUT2D eigenvalue weighted by Gasteiger charge is -2.43. The summed E-state index contributed by atoms with van der Waals surface area (Å²) in [6.07, 6.45) is 9.91. The minimum Gasteiger partial charge on any atom is -0.348 e. The third kappa shape index (κ3) is 3.11. The molecular weight excluding hydrogens is 404 g/mol. The lowest BCUT2D eigenvalue weighted by Crippen LogP contribution is -2.60. The zero-order valence-electron chi connectivity index (χ0n) is 16.5. The summed E-state index contributed by atoms with van der Waals surface area (Å²) in [6.45, 7) is 4.19. The van der Waals surface area contributed by atoms with Gasteiger partial charge in [0, 0.05) is 49.8 Å². The van der Waals surface area contributed by atoms with Crippen LogP contribution in [-0.4, -0.2) is 81.2 Å². The van der Waals surface area contributed by atoms with Crippen molar-refractivity contribution in [2.24, 2.45) is 0 Å². The molecule has 10 heteroatoms. The molecule has 0 aromatic carbocycles. The Morgan fingerprint density at radius 1 is 1.23 bits per heavy atom. The molecule has 30 heavy (non-hydrogen) atoms. The van der Waals surface area contributed by atoms with Crippen LogP contribution in [0.15, 0.2) is 54.0 Å². The molecule has 4 aliphatic heterocycles. The van der Waals surface area contributed by atoms with Gasteiger partial charge in [-0.05, 0) is 12.1 Å². The fourth-order valence-electron chi connectivity index (χ4n) is 4.59. The second-order valence-electron chi connectivity index (χ2n) is 7.74. The summed E-state index contributed by atoms with van der Waals surface area (Å²) in [5.74, 6) is 2.34. The number of piperazine rings is 1. The molecule has 1 amide bonds. The topological polar surface area (TPSA) is 82.8 Å². The molecule has 5 rings (SSSR count). The molecular formula is C20H23N6O3S+. The maximum absolute atomic E-state index is 12.9. The molecule has 9 nitrogen and oxygen atoms in total. The number of nitrogens with zero attached hydrogens (tertiary/aromatic N) is 6. The molecule has 0 bridgehead atoms. The number of quaternary nitrogens is 1. The second-order valence-corrected chi connectivity index (χ2v) is 8.81. The number of rotatable bonds is 4. The van der Waals surface area contributed by atoms with Crippen molar-refractivity contribution in [1.82, 2.24) is 14.9 Å². The monoisotopic (exact) mass is 427 g/mol. The number of hydrogen-bond acceptors (Lipinski definition) is 7. The zero-order chi connectivity index (χ0) is 20.7. The van der Waals surface area contributed by atoms with Crippen LogP contribution in [0.25, 0.3) is 0 Å². The minimum atomic E-state index is -0.376. The van der Waals surface area contributed by atoms with Crippen LogP contribution in [0.1, 0.15) is 0 Å². The average molecular weight is 428 g/mol. The molecule has 0 radical (unpaired) electrons. The van der Waals surface area contributed by atoms with Crippen molar-refractivity contribution in [2.75, 3.05) is 55.8 Å². The number of hydrogen-bond donors (Lipinski definition) is 0. The molecule has 1 aromatic heterocycles. The van der Waals surface area contributed by atoms with Crippen LogP contribution in [0, 0.1) is 10.1 Å². The van der Waals surface area contributed by atoms with Crippen LogP contribution >= 0.6 is 11.8 Å². The maximum atomic E-state index is 12.9. The Labute approximate surface area is 178 Å². The fourth-order valence-corrected chi connectivity index (χ4v) is 5.54. The van der Waals surface area contributed by atoms with Gasteiger partial charge >= 0.3 is 5.69 Å². The van der Waals surface area contributed by atoms with Crippen molar-refractivity contribution in [3.8, 4) is 0 Å². The molecule has 0 saturated carbocycles. The van der Waals surface area contributed by atoms with Gasteiger partial charge in [-0.1, -0.05) is 0 Å². The van der Waals surface area contributed by atoms with E-state index in [1.165, 1.54) is 6.07 Å². The predicted octanol–water partition coefficient (Wildman–Crippen LogP) is 1.73. The Bertz CT molecular complexity index is 979. The number of carbonyl (C=O) groups excluding carboxylic acids is 1. The van der Waals surface area contributed by atoms with E-state index in [2.05, 4.69) is 28.3 Å². The summed E-state index contributed by atoms with van der Waals surface area (Å²) in [7, 11) is 0. The number of allylic oxidation sites excluding steroid dienone is 3. The maximum Gasteiger partial charge on any atom is 0.311 e. The van der Waals surface area contributed by atoms with E-state index < -0.39 is 0 Å². The van der Waals surface area contributed by atoms with Gasteiger partial charge in [-0.25, -0.2) is 4.98 Å².